The Kier molecular flexibility index (Phi) is 9.72. The Hall–Kier alpha value is -3.13. The molecule has 2 aromatic carbocycles. The number of ether oxygens (including phenoxy) is 1. The van der Waals surface area contributed by atoms with Gasteiger partial charge in [0.2, 0.25) is 10.0 Å². The number of urea groups is 1. The van der Waals surface area contributed by atoms with Gasteiger partial charge in [-0.1, -0.05) is 38.0 Å². The summed E-state index contributed by atoms with van der Waals surface area (Å²) in [5.41, 5.74) is 1.14. The molecule has 2 aliphatic rings. The van der Waals surface area contributed by atoms with Crippen LogP contribution in [0.25, 0.3) is 0 Å². The van der Waals surface area contributed by atoms with E-state index in [-0.39, 0.29) is 54.1 Å². The van der Waals surface area contributed by atoms with Crippen molar-refractivity contribution < 1.29 is 27.4 Å². The molecule has 2 aromatic rings. The predicted molar refractivity (Wildman–Crippen MR) is 151 cm³/mol. The standard InChI is InChI=1S/C30H38FN3O5S/c1-21-18-34(22(2)20-35)40(37,38)29-16-13-24(10-9-23-11-14-25(31)15-12-23)17-27(29)39-28(21)19-33(3)30(36)32-26-7-5-4-6-8-26/h11-17,21-22,26,28,35H,4-8,18-20H2,1-3H3,(H,32,36)/t21-,22+,28-/m1/s1. The van der Waals surface area contributed by atoms with E-state index in [9.17, 15) is 22.7 Å². The first-order chi connectivity index (χ1) is 19.1. The normalized spacial score (nSPS) is 21.9. The molecule has 0 bridgehead atoms. The molecule has 1 aliphatic heterocycles. The minimum atomic E-state index is -4.00. The van der Waals surface area contributed by atoms with Gasteiger partial charge in [0.25, 0.3) is 0 Å². The number of fused-ring (bicyclic) bond motifs is 1. The molecule has 1 aliphatic carbocycles. The monoisotopic (exact) mass is 571 g/mol. The summed E-state index contributed by atoms with van der Waals surface area (Å²) in [5.74, 6) is 5.44. The Labute approximate surface area is 236 Å². The second-order valence-electron chi connectivity index (χ2n) is 10.8. The highest BCUT2D eigenvalue weighted by Gasteiger charge is 2.38. The van der Waals surface area contributed by atoms with Crippen LogP contribution in [-0.2, 0) is 10.0 Å². The molecular formula is C30H38FN3O5S. The summed E-state index contributed by atoms with van der Waals surface area (Å²) in [6, 6.07) is 9.75. The first-order valence-electron chi connectivity index (χ1n) is 13.8. The fourth-order valence-corrected chi connectivity index (χ4v) is 6.91. The molecule has 10 heteroatoms. The van der Waals surface area contributed by atoms with Gasteiger partial charge in [0.15, 0.2) is 0 Å². The van der Waals surface area contributed by atoms with Crippen molar-refractivity contribution in [2.45, 2.75) is 69.0 Å². The minimum Gasteiger partial charge on any atom is -0.487 e. The van der Waals surface area contributed by atoms with Crippen molar-refractivity contribution in [1.82, 2.24) is 14.5 Å². The number of sulfonamides is 1. The molecule has 2 amide bonds. The molecule has 1 heterocycles. The maximum Gasteiger partial charge on any atom is 0.317 e. The molecule has 0 spiro atoms. The van der Waals surface area contributed by atoms with Crippen LogP contribution in [0.5, 0.6) is 5.75 Å². The van der Waals surface area contributed by atoms with Gasteiger partial charge >= 0.3 is 6.03 Å². The van der Waals surface area contributed by atoms with Crippen molar-refractivity contribution in [3.05, 3.63) is 59.4 Å². The van der Waals surface area contributed by atoms with Crippen LogP contribution in [0.15, 0.2) is 47.4 Å². The summed E-state index contributed by atoms with van der Waals surface area (Å²) >= 11 is 0. The van der Waals surface area contributed by atoms with Crippen molar-refractivity contribution in [1.29, 1.82) is 0 Å². The lowest BCUT2D eigenvalue weighted by Crippen LogP contribution is -2.52. The largest absolute Gasteiger partial charge is 0.487 e. The Bertz CT molecular complexity index is 1350. The second-order valence-corrected chi connectivity index (χ2v) is 12.7. The van der Waals surface area contributed by atoms with Crippen molar-refractivity contribution in [3.8, 4) is 17.6 Å². The predicted octanol–water partition coefficient (Wildman–Crippen LogP) is 3.97. The third kappa shape index (κ3) is 7.14. The number of hydrogen-bond acceptors (Lipinski definition) is 5. The lowest BCUT2D eigenvalue weighted by atomic mass is 9.96. The molecule has 1 saturated carbocycles. The third-order valence-electron chi connectivity index (χ3n) is 7.60. The molecule has 0 unspecified atom stereocenters. The number of halogens is 1. The number of aliphatic hydroxyl groups excluding tert-OH is 1. The molecule has 4 rings (SSSR count). The molecule has 0 radical (unpaired) electrons. The van der Waals surface area contributed by atoms with Crippen molar-refractivity contribution >= 4 is 16.1 Å². The van der Waals surface area contributed by atoms with Crippen LogP contribution in [-0.4, -0.2) is 73.7 Å². The van der Waals surface area contributed by atoms with Gasteiger partial charge in [0.05, 0.1) is 13.2 Å². The number of carbonyl (C=O) groups is 1. The zero-order chi connectivity index (χ0) is 28.9. The van der Waals surface area contributed by atoms with Gasteiger partial charge in [0, 0.05) is 42.7 Å². The van der Waals surface area contributed by atoms with Gasteiger partial charge in [-0.2, -0.15) is 4.31 Å². The Balaban J connectivity index is 1.64. The molecular weight excluding hydrogens is 533 g/mol. The van der Waals surface area contributed by atoms with E-state index in [1.807, 2.05) is 6.92 Å². The molecule has 40 heavy (non-hydrogen) atoms. The quantitative estimate of drug-likeness (QED) is 0.530. The van der Waals surface area contributed by atoms with E-state index >= 15 is 0 Å². The van der Waals surface area contributed by atoms with Crippen LogP contribution in [0.4, 0.5) is 9.18 Å². The highest BCUT2D eigenvalue weighted by atomic mass is 32.2. The fraction of sp³-hybridized carbons (Fsp3) is 0.500. The van der Waals surface area contributed by atoms with Crippen LogP contribution >= 0.6 is 0 Å². The maximum absolute atomic E-state index is 13.7. The highest BCUT2D eigenvalue weighted by Crippen LogP contribution is 2.34. The van der Waals surface area contributed by atoms with Gasteiger partial charge in [-0.15, -0.1) is 0 Å². The molecule has 216 valence electrons. The summed E-state index contributed by atoms with van der Waals surface area (Å²) in [6.07, 6.45) is 4.82. The van der Waals surface area contributed by atoms with Gasteiger partial charge in [-0.25, -0.2) is 17.6 Å². The number of amides is 2. The SMILES string of the molecule is C[C@@H]1CN([C@@H](C)CO)S(=O)(=O)c2ccc(C#Cc3ccc(F)cc3)cc2O[C@@H]1CN(C)C(=O)NC1CCCCC1. The smallest absolute Gasteiger partial charge is 0.317 e. The summed E-state index contributed by atoms with van der Waals surface area (Å²) < 4.78 is 48.3. The van der Waals surface area contributed by atoms with Gasteiger partial charge < -0.3 is 20.1 Å². The van der Waals surface area contributed by atoms with Crippen LogP contribution < -0.4 is 10.1 Å². The van der Waals surface area contributed by atoms with E-state index in [0.29, 0.717) is 11.1 Å². The maximum atomic E-state index is 13.7. The Morgan fingerprint density at radius 2 is 1.80 bits per heavy atom. The second kappa shape index (κ2) is 13.0. The Morgan fingerprint density at radius 3 is 2.48 bits per heavy atom. The van der Waals surface area contributed by atoms with Gasteiger partial charge in [-0.3, -0.25) is 0 Å². The van der Waals surface area contributed by atoms with Crippen molar-refractivity contribution in [3.63, 3.8) is 0 Å². The lowest BCUT2D eigenvalue weighted by molar-refractivity contribution is 0.0806. The average Bonchev–Trinajstić information content (AvgIpc) is 2.94. The molecule has 1 fully saturated rings. The molecule has 3 atom stereocenters. The first kappa shape index (κ1) is 29.8. The minimum absolute atomic E-state index is 0.0219. The summed E-state index contributed by atoms with van der Waals surface area (Å²) in [7, 11) is -2.29. The lowest BCUT2D eigenvalue weighted by Gasteiger charge is -2.37. The number of nitrogens with zero attached hydrogens (tertiary/aromatic N) is 2. The number of aliphatic hydroxyl groups is 1. The topological polar surface area (TPSA) is 99.2 Å². The number of benzene rings is 2. The first-order valence-corrected chi connectivity index (χ1v) is 15.2. The van der Waals surface area contributed by atoms with Crippen molar-refractivity contribution in [2.24, 2.45) is 5.92 Å². The average molecular weight is 572 g/mol. The van der Waals surface area contributed by atoms with Crippen molar-refractivity contribution in [2.75, 3.05) is 26.7 Å². The number of likely N-dealkylation sites (N-methyl/N-ethyl adjacent to an activating group) is 1. The molecule has 8 nitrogen and oxygen atoms in total. The van der Waals surface area contributed by atoms with E-state index in [2.05, 4.69) is 17.2 Å². The highest BCUT2D eigenvalue weighted by molar-refractivity contribution is 7.89. The number of nitrogens with one attached hydrogen (secondary N) is 1. The van der Waals surface area contributed by atoms with Crippen LogP contribution in [0.1, 0.15) is 57.1 Å². The molecule has 0 saturated heterocycles. The van der Waals surface area contributed by atoms with E-state index in [1.165, 1.54) is 28.9 Å². The van der Waals surface area contributed by atoms with Gasteiger partial charge in [-0.05, 0) is 62.2 Å². The summed E-state index contributed by atoms with van der Waals surface area (Å²) in [5, 5.41) is 13.0. The number of hydrogen-bond donors (Lipinski definition) is 2. The number of rotatable bonds is 5. The zero-order valence-electron chi connectivity index (χ0n) is 23.3. The van der Waals surface area contributed by atoms with Crippen LogP contribution in [0.3, 0.4) is 0 Å². The fourth-order valence-electron chi connectivity index (χ4n) is 5.08. The van der Waals surface area contributed by atoms with E-state index in [0.717, 1.165) is 25.7 Å². The third-order valence-corrected chi connectivity index (χ3v) is 9.62. The Morgan fingerprint density at radius 1 is 1.15 bits per heavy atom. The van der Waals surface area contributed by atoms with Crippen LogP contribution in [0, 0.1) is 23.6 Å². The van der Waals surface area contributed by atoms with E-state index in [1.54, 1.807) is 43.1 Å². The van der Waals surface area contributed by atoms with Crippen LogP contribution in [0.2, 0.25) is 0 Å². The number of carbonyl (C=O) groups excluding carboxylic acids is 1. The molecule has 2 N–H and O–H groups in total. The summed E-state index contributed by atoms with van der Waals surface area (Å²) in [4.78, 5) is 14.6. The van der Waals surface area contributed by atoms with E-state index in [4.69, 9.17) is 4.74 Å². The summed E-state index contributed by atoms with van der Waals surface area (Å²) in [6.45, 7) is 3.57. The van der Waals surface area contributed by atoms with E-state index < -0.39 is 22.2 Å². The zero-order valence-corrected chi connectivity index (χ0v) is 24.1. The molecule has 0 aromatic heterocycles. The van der Waals surface area contributed by atoms with Gasteiger partial charge in [0.1, 0.15) is 22.6 Å².